The van der Waals surface area contributed by atoms with E-state index in [1.54, 1.807) is 7.11 Å². The number of nitrogens with two attached hydrogens (primary N) is 1. The summed E-state index contributed by atoms with van der Waals surface area (Å²) >= 11 is 0. The van der Waals surface area contributed by atoms with Gasteiger partial charge in [-0.25, -0.2) is 0 Å². The van der Waals surface area contributed by atoms with Crippen LogP contribution >= 0.6 is 0 Å². The minimum Gasteiger partial charge on any atom is -0.467 e. The third kappa shape index (κ3) is 2.12. The van der Waals surface area contributed by atoms with Gasteiger partial charge in [0.05, 0.1) is 0 Å². The van der Waals surface area contributed by atoms with Crippen LogP contribution in [0.4, 0.5) is 5.69 Å². The predicted molar refractivity (Wildman–Crippen MR) is 52.8 cm³/mol. The average Bonchev–Trinajstić information content (AvgIpc) is 2.13. The molecule has 0 aliphatic carbocycles. The average molecular weight is 181 g/mol. The Balaban J connectivity index is 2.90. The van der Waals surface area contributed by atoms with Gasteiger partial charge in [0.25, 0.3) is 0 Å². The standard InChI is InChI=1S/C10H15NO2/c1-7-4-5-9(13-6-12-3)8(2)10(7)11/h4-5H,6,11H2,1-3H3. The third-order valence-corrected chi connectivity index (χ3v) is 2.02. The smallest absolute Gasteiger partial charge is 0.188 e. The van der Waals surface area contributed by atoms with Gasteiger partial charge >= 0.3 is 0 Å². The van der Waals surface area contributed by atoms with Gasteiger partial charge < -0.3 is 15.2 Å². The fourth-order valence-corrected chi connectivity index (χ4v) is 1.12. The quantitative estimate of drug-likeness (QED) is 0.572. The maximum atomic E-state index is 5.83. The number of hydrogen-bond donors (Lipinski definition) is 1. The number of hydrogen-bond acceptors (Lipinski definition) is 3. The molecular formula is C10H15NO2. The highest BCUT2D eigenvalue weighted by Crippen LogP contribution is 2.26. The van der Waals surface area contributed by atoms with Crippen LogP contribution in [-0.2, 0) is 4.74 Å². The first-order valence-corrected chi connectivity index (χ1v) is 4.14. The Labute approximate surface area is 78.5 Å². The Morgan fingerprint density at radius 1 is 1.31 bits per heavy atom. The van der Waals surface area contributed by atoms with E-state index in [1.807, 2.05) is 26.0 Å². The van der Waals surface area contributed by atoms with Crippen molar-refractivity contribution >= 4 is 5.69 Å². The Hall–Kier alpha value is -1.22. The minimum atomic E-state index is 0.253. The van der Waals surface area contributed by atoms with E-state index in [9.17, 15) is 0 Å². The summed E-state index contributed by atoms with van der Waals surface area (Å²) in [5.41, 5.74) is 8.66. The van der Waals surface area contributed by atoms with Gasteiger partial charge in [-0.1, -0.05) is 6.07 Å². The van der Waals surface area contributed by atoms with Crippen molar-refractivity contribution in [2.75, 3.05) is 19.6 Å². The molecule has 13 heavy (non-hydrogen) atoms. The monoisotopic (exact) mass is 181 g/mol. The second-order valence-electron chi connectivity index (χ2n) is 2.97. The van der Waals surface area contributed by atoms with E-state index in [1.165, 1.54) is 0 Å². The molecular weight excluding hydrogens is 166 g/mol. The lowest BCUT2D eigenvalue weighted by Gasteiger charge is -2.11. The minimum absolute atomic E-state index is 0.253. The van der Waals surface area contributed by atoms with E-state index < -0.39 is 0 Å². The fraction of sp³-hybridized carbons (Fsp3) is 0.400. The molecule has 0 spiro atoms. The molecule has 3 heteroatoms. The largest absolute Gasteiger partial charge is 0.467 e. The maximum Gasteiger partial charge on any atom is 0.188 e. The van der Waals surface area contributed by atoms with Crippen LogP contribution in [0.1, 0.15) is 11.1 Å². The summed E-state index contributed by atoms with van der Waals surface area (Å²) in [6.45, 7) is 4.17. The zero-order valence-corrected chi connectivity index (χ0v) is 8.26. The van der Waals surface area contributed by atoms with Crippen LogP contribution < -0.4 is 10.5 Å². The molecule has 0 aliphatic rings. The normalized spacial score (nSPS) is 10.1. The van der Waals surface area contributed by atoms with Crippen LogP contribution in [0.15, 0.2) is 12.1 Å². The van der Waals surface area contributed by atoms with E-state index >= 15 is 0 Å². The van der Waals surface area contributed by atoms with Crippen LogP contribution in [0.2, 0.25) is 0 Å². The highest BCUT2D eigenvalue weighted by Gasteiger charge is 2.04. The molecule has 1 aromatic carbocycles. The summed E-state index contributed by atoms with van der Waals surface area (Å²) in [6, 6.07) is 3.84. The number of ether oxygens (including phenoxy) is 2. The van der Waals surface area contributed by atoms with Gasteiger partial charge in [-0.2, -0.15) is 0 Å². The summed E-state index contributed by atoms with van der Waals surface area (Å²) in [7, 11) is 1.59. The highest BCUT2D eigenvalue weighted by molar-refractivity contribution is 5.58. The van der Waals surface area contributed by atoms with Gasteiger partial charge in [-0.3, -0.25) is 0 Å². The van der Waals surface area contributed by atoms with Gasteiger partial charge in [0, 0.05) is 18.4 Å². The Morgan fingerprint density at radius 3 is 2.62 bits per heavy atom. The van der Waals surface area contributed by atoms with Crippen molar-refractivity contribution in [3.8, 4) is 5.75 Å². The summed E-state index contributed by atoms with van der Waals surface area (Å²) in [4.78, 5) is 0. The molecule has 0 atom stereocenters. The molecule has 1 aromatic rings. The van der Waals surface area contributed by atoms with Gasteiger partial charge in [0.15, 0.2) is 6.79 Å². The van der Waals surface area contributed by atoms with Crippen molar-refractivity contribution in [3.63, 3.8) is 0 Å². The van der Waals surface area contributed by atoms with Crippen LogP contribution in [0.25, 0.3) is 0 Å². The molecule has 0 aromatic heterocycles. The molecule has 0 heterocycles. The molecule has 0 saturated carbocycles. The Kier molecular flexibility index (Phi) is 3.14. The van der Waals surface area contributed by atoms with E-state index in [2.05, 4.69) is 0 Å². The first kappa shape index (κ1) is 9.86. The number of rotatable bonds is 3. The Bertz CT molecular complexity index is 297. The predicted octanol–water partition coefficient (Wildman–Crippen LogP) is 1.87. The van der Waals surface area contributed by atoms with Crippen LogP contribution in [-0.4, -0.2) is 13.9 Å². The number of nitrogen functional groups attached to an aromatic ring is 1. The van der Waals surface area contributed by atoms with Crippen LogP contribution in [0.5, 0.6) is 5.75 Å². The van der Waals surface area contributed by atoms with Crippen molar-refractivity contribution < 1.29 is 9.47 Å². The van der Waals surface area contributed by atoms with E-state index in [4.69, 9.17) is 15.2 Å². The first-order chi connectivity index (χ1) is 6.16. The maximum absolute atomic E-state index is 5.83. The molecule has 0 unspecified atom stereocenters. The summed E-state index contributed by atoms with van der Waals surface area (Å²) in [6.07, 6.45) is 0. The van der Waals surface area contributed by atoms with Crippen molar-refractivity contribution in [2.45, 2.75) is 13.8 Å². The second kappa shape index (κ2) is 4.14. The second-order valence-corrected chi connectivity index (χ2v) is 2.97. The van der Waals surface area contributed by atoms with Crippen LogP contribution in [0, 0.1) is 13.8 Å². The Morgan fingerprint density at radius 2 is 2.00 bits per heavy atom. The summed E-state index contributed by atoms with van der Waals surface area (Å²) in [5.74, 6) is 0.782. The fourth-order valence-electron chi connectivity index (χ4n) is 1.12. The van der Waals surface area contributed by atoms with Crippen molar-refractivity contribution in [2.24, 2.45) is 0 Å². The molecule has 0 saturated heterocycles. The topological polar surface area (TPSA) is 44.5 Å². The molecule has 1 rings (SSSR count). The molecule has 3 nitrogen and oxygen atoms in total. The lowest BCUT2D eigenvalue weighted by atomic mass is 10.1. The van der Waals surface area contributed by atoms with Crippen LogP contribution in [0.3, 0.4) is 0 Å². The van der Waals surface area contributed by atoms with Gasteiger partial charge in [0.1, 0.15) is 5.75 Å². The number of methoxy groups -OCH3 is 1. The van der Waals surface area contributed by atoms with Gasteiger partial charge in [-0.15, -0.1) is 0 Å². The van der Waals surface area contributed by atoms with Crippen molar-refractivity contribution in [1.82, 2.24) is 0 Å². The zero-order chi connectivity index (χ0) is 9.84. The number of benzene rings is 1. The lowest BCUT2D eigenvalue weighted by Crippen LogP contribution is -2.02. The molecule has 0 radical (unpaired) electrons. The zero-order valence-electron chi connectivity index (χ0n) is 8.26. The molecule has 0 amide bonds. The third-order valence-electron chi connectivity index (χ3n) is 2.02. The van der Waals surface area contributed by atoms with E-state index in [-0.39, 0.29) is 6.79 Å². The molecule has 0 fully saturated rings. The van der Waals surface area contributed by atoms with E-state index in [0.717, 1.165) is 22.6 Å². The number of anilines is 1. The van der Waals surface area contributed by atoms with Crippen molar-refractivity contribution in [3.05, 3.63) is 23.3 Å². The SMILES string of the molecule is COCOc1ccc(C)c(N)c1C. The van der Waals surface area contributed by atoms with Gasteiger partial charge in [0.2, 0.25) is 0 Å². The molecule has 72 valence electrons. The first-order valence-electron chi connectivity index (χ1n) is 4.14. The molecule has 0 bridgehead atoms. The van der Waals surface area contributed by atoms with E-state index in [0.29, 0.717) is 0 Å². The van der Waals surface area contributed by atoms with Gasteiger partial charge in [-0.05, 0) is 25.5 Å². The molecule has 2 N–H and O–H groups in total. The highest BCUT2D eigenvalue weighted by atomic mass is 16.7. The summed E-state index contributed by atoms with van der Waals surface area (Å²) in [5, 5.41) is 0. The van der Waals surface area contributed by atoms with Crippen molar-refractivity contribution in [1.29, 1.82) is 0 Å². The lowest BCUT2D eigenvalue weighted by molar-refractivity contribution is 0.0507. The summed E-state index contributed by atoms with van der Waals surface area (Å²) < 4.78 is 10.1. The number of aryl methyl sites for hydroxylation is 1. The molecule has 0 aliphatic heterocycles.